The average molecular weight is 447 g/mol. The molecule has 0 aliphatic heterocycles. The Hall–Kier alpha value is -3.26. The van der Waals surface area contributed by atoms with Crippen LogP contribution in [0.5, 0.6) is 0 Å². The van der Waals surface area contributed by atoms with Gasteiger partial charge in [0.25, 0.3) is 0 Å². The van der Waals surface area contributed by atoms with Gasteiger partial charge in [0.15, 0.2) is 0 Å². The molecule has 176 valence electrons. The van der Waals surface area contributed by atoms with E-state index in [0.717, 1.165) is 0 Å². The van der Waals surface area contributed by atoms with Crippen LogP contribution in [0.25, 0.3) is 0 Å². The number of hydrogen-bond acceptors (Lipinski definition) is 8. The summed E-state index contributed by atoms with van der Waals surface area (Å²) in [5, 5.41) is 33.3. The maximum Gasteiger partial charge on any atom is 0.328 e. The summed E-state index contributed by atoms with van der Waals surface area (Å²) in [7, 11) is 0. The molecule has 10 N–H and O–H groups in total. The number of nitrogens with two attached hydrogens (primary N) is 2. The zero-order chi connectivity index (χ0) is 24.3. The van der Waals surface area contributed by atoms with Crippen molar-refractivity contribution in [3.63, 3.8) is 0 Å². The summed E-state index contributed by atoms with van der Waals surface area (Å²) in [6, 6.07) is -5.95. The van der Waals surface area contributed by atoms with Gasteiger partial charge < -0.3 is 42.7 Å². The van der Waals surface area contributed by atoms with Gasteiger partial charge in [0.05, 0.1) is 25.5 Å². The predicted molar refractivity (Wildman–Crippen MR) is 104 cm³/mol. The van der Waals surface area contributed by atoms with Crippen LogP contribution in [-0.4, -0.2) is 81.7 Å². The monoisotopic (exact) mass is 447 g/mol. The molecule has 4 atom stereocenters. The molecule has 0 spiro atoms. The van der Waals surface area contributed by atoms with Gasteiger partial charge in [-0.1, -0.05) is 13.8 Å². The second-order valence-electron chi connectivity index (χ2n) is 7.21. The third-order valence-electron chi connectivity index (χ3n) is 3.91. The standard InChI is InChI=1S/C17H29N5O9/c1-7(2)3-9(20-14(27)8(18)4-12(19)24)15(28)21-10(5-13(25)26)16(29)22-11(6-23)17(30)31/h7-11,23H,3-6,18H2,1-2H3,(H2,19,24)(H,20,27)(H,21,28)(H,22,29)(H,25,26)(H,30,31). The van der Waals surface area contributed by atoms with Crippen LogP contribution in [0.4, 0.5) is 0 Å². The minimum atomic E-state index is -1.71. The predicted octanol–water partition coefficient (Wildman–Crippen LogP) is -3.76. The van der Waals surface area contributed by atoms with Gasteiger partial charge in [-0.3, -0.25) is 24.0 Å². The van der Waals surface area contributed by atoms with E-state index in [1.54, 1.807) is 13.8 Å². The Morgan fingerprint density at radius 3 is 1.71 bits per heavy atom. The minimum Gasteiger partial charge on any atom is -0.481 e. The first-order valence-corrected chi connectivity index (χ1v) is 9.28. The van der Waals surface area contributed by atoms with Crippen LogP contribution in [0.15, 0.2) is 0 Å². The first-order chi connectivity index (χ1) is 14.3. The number of carbonyl (C=O) groups is 6. The molecular weight excluding hydrogens is 418 g/mol. The highest BCUT2D eigenvalue weighted by atomic mass is 16.4. The van der Waals surface area contributed by atoms with Gasteiger partial charge in [0.2, 0.25) is 23.6 Å². The van der Waals surface area contributed by atoms with E-state index in [4.69, 9.17) is 26.8 Å². The van der Waals surface area contributed by atoms with Crippen molar-refractivity contribution in [1.29, 1.82) is 0 Å². The summed E-state index contributed by atoms with van der Waals surface area (Å²) in [6.07, 6.45) is -1.28. The average Bonchev–Trinajstić information content (AvgIpc) is 2.62. The molecule has 0 rings (SSSR count). The summed E-state index contributed by atoms with van der Waals surface area (Å²) >= 11 is 0. The van der Waals surface area contributed by atoms with Gasteiger partial charge in [-0.05, 0) is 12.3 Å². The molecule has 0 fully saturated rings. The van der Waals surface area contributed by atoms with Crippen LogP contribution in [0.1, 0.15) is 33.1 Å². The molecule has 0 aliphatic carbocycles. The van der Waals surface area contributed by atoms with Crippen LogP contribution in [0.2, 0.25) is 0 Å². The number of aliphatic carboxylic acids is 2. The molecular formula is C17H29N5O9. The number of aliphatic hydroxyl groups excluding tert-OH is 1. The molecule has 4 unspecified atom stereocenters. The summed E-state index contributed by atoms with van der Waals surface area (Å²) in [6.45, 7) is 2.50. The van der Waals surface area contributed by atoms with Crippen LogP contribution in [0.3, 0.4) is 0 Å². The molecule has 0 heterocycles. The van der Waals surface area contributed by atoms with E-state index >= 15 is 0 Å². The summed E-state index contributed by atoms with van der Waals surface area (Å²) < 4.78 is 0. The van der Waals surface area contributed by atoms with Gasteiger partial charge in [-0.2, -0.15) is 0 Å². The van der Waals surface area contributed by atoms with Crippen LogP contribution in [0, 0.1) is 5.92 Å². The van der Waals surface area contributed by atoms with Crippen molar-refractivity contribution < 1.29 is 44.1 Å². The molecule has 0 radical (unpaired) electrons. The molecule has 0 aromatic carbocycles. The van der Waals surface area contributed by atoms with E-state index in [1.807, 2.05) is 5.32 Å². The molecule has 0 bridgehead atoms. The number of primary amides is 1. The fraction of sp³-hybridized carbons (Fsp3) is 0.647. The van der Waals surface area contributed by atoms with E-state index in [-0.39, 0.29) is 12.3 Å². The lowest BCUT2D eigenvalue weighted by Gasteiger charge is -2.25. The van der Waals surface area contributed by atoms with Crippen molar-refractivity contribution in [2.24, 2.45) is 17.4 Å². The van der Waals surface area contributed by atoms with Crippen molar-refractivity contribution in [3.05, 3.63) is 0 Å². The Morgan fingerprint density at radius 2 is 1.29 bits per heavy atom. The van der Waals surface area contributed by atoms with Gasteiger partial charge in [-0.25, -0.2) is 4.79 Å². The third-order valence-corrected chi connectivity index (χ3v) is 3.91. The Bertz CT molecular complexity index is 697. The number of hydrogen-bond donors (Lipinski definition) is 8. The number of nitrogens with one attached hydrogen (secondary N) is 3. The normalized spacial score (nSPS) is 14.6. The number of carboxylic acids is 2. The van der Waals surface area contributed by atoms with Crippen molar-refractivity contribution >= 4 is 35.6 Å². The maximum atomic E-state index is 12.6. The van der Waals surface area contributed by atoms with Crippen LogP contribution in [-0.2, 0) is 28.8 Å². The van der Waals surface area contributed by atoms with E-state index < -0.39 is 79.2 Å². The fourth-order valence-electron chi connectivity index (χ4n) is 2.41. The highest BCUT2D eigenvalue weighted by molar-refractivity contribution is 5.96. The summed E-state index contributed by atoms with van der Waals surface area (Å²) in [5.41, 5.74) is 10.5. The molecule has 14 nitrogen and oxygen atoms in total. The number of carbonyl (C=O) groups excluding carboxylic acids is 4. The van der Waals surface area contributed by atoms with Crippen molar-refractivity contribution in [3.8, 4) is 0 Å². The number of rotatable bonds is 14. The second-order valence-corrected chi connectivity index (χ2v) is 7.21. The first-order valence-electron chi connectivity index (χ1n) is 9.28. The van der Waals surface area contributed by atoms with E-state index in [0.29, 0.717) is 0 Å². The Kier molecular flexibility index (Phi) is 11.7. The smallest absolute Gasteiger partial charge is 0.328 e. The summed E-state index contributed by atoms with van der Waals surface area (Å²) in [5.74, 6) is -6.93. The highest BCUT2D eigenvalue weighted by Gasteiger charge is 2.31. The molecule has 31 heavy (non-hydrogen) atoms. The van der Waals surface area contributed by atoms with Crippen molar-refractivity contribution in [2.75, 3.05) is 6.61 Å². The minimum absolute atomic E-state index is 0.0800. The van der Waals surface area contributed by atoms with Crippen molar-refractivity contribution in [1.82, 2.24) is 16.0 Å². The number of amides is 4. The molecule has 0 saturated carbocycles. The molecule has 0 aliphatic rings. The van der Waals surface area contributed by atoms with Gasteiger partial charge in [-0.15, -0.1) is 0 Å². The topological polar surface area (TPSA) is 251 Å². The third kappa shape index (κ3) is 10.9. The lowest BCUT2D eigenvalue weighted by molar-refractivity contribution is -0.144. The Labute approximate surface area is 177 Å². The lowest BCUT2D eigenvalue weighted by Crippen LogP contribution is -2.58. The second kappa shape index (κ2) is 13.1. The Balaban J connectivity index is 5.45. The number of aliphatic hydroxyl groups is 1. The maximum absolute atomic E-state index is 12.6. The fourth-order valence-corrected chi connectivity index (χ4v) is 2.41. The molecule has 0 aromatic rings. The van der Waals surface area contributed by atoms with Gasteiger partial charge in [0.1, 0.15) is 18.1 Å². The largest absolute Gasteiger partial charge is 0.481 e. The van der Waals surface area contributed by atoms with Crippen LogP contribution >= 0.6 is 0 Å². The zero-order valence-corrected chi connectivity index (χ0v) is 17.2. The van der Waals surface area contributed by atoms with E-state index in [2.05, 4.69) is 10.6 Å². The molecule has 0 saturated heterocycles. The summed E-state index contributed by atoms with van der Waals surface area (Å²) in [4.78, 5) is 70.0. The Morgan fingerprint density at radius 1 is 0.806 bits per heavy atom. The van der Waals surface area contributed by atoms with Crippen molar-refractivity contribution in [2.45, 2.75) is 57.3 Å². The zero-order valence-electron chi connectivity index (χ0n) is 17.2. The first kappa shape index (κ1) is 27.7. The lowest BCUT2D eigenvalue weighted by atomic mass is 10.0. The van der Waals surface area contributed by atoms with Gasteiger partial charge in [0, 0.05) is 0 Å². The number of carboxylic acid groups (broad SMARTS) is 2. The van der Waals surface area contributed by atoms with E-state index in [9.17, 15) is 28.8 Å². The quantitative estimate of drug-likeness (QED) is 0.129. The van der Waals surface area contributed by atoms with Gasteiger partial charge >= 0.3 is 11.9 Å². The SMILES string of the molecule is CC(C)CC(NC(=O)C(N)CC(N)=O)C(=O)NC(CC(=O)O)C(=O)NC(CO)C(=O)O. The highest BCUT2D eigenvalue weighted by Crippen LogP contribution is 2.07. The van der Waals surface area contributed by atoms with Crippen LogP contribution < -0.4 is 27.4 Å². The molecule has 0 aromatic heterocycles. The van der Waals surface area contributed by atoms with E-state index in [1.165, 1.54) is 0 Å². The molecule has 4 amide bonds. The molecule has 14 heteroatoms.